The second kappa shape index (κ2) is 6.46. The number of rotatable bonds is 5. The fourth-order valence-electron chi connectivity index (χ4n) is 2.23. The molecule has 3 heteroatoms. The lowest BCUT2D eigenvalue weighted by atomic mass is 10.1. The van der Waals surface area contributed by atoms with Gasteiger partial charge in [0.05, 0.1) is 6.10 Å². The Bertz CT molecular complexity index is 163. The molecule has 1 fully saturated rings. The highest BCUT2D eigenvalue weighted by atomic mass is 16.5. The molecule has 0 aromatic heterocycles. The Hall–Kier alpha value is -0.120. The zero-order valence-electron chi connectivity index (χ0n) is 10.6. The molecule has 3 nitrogen and oxygen atoms in total. The lowest BCUT2D eigenvalue weighted by Gasteiger charge is -2.36. The molecule has 0 aromatic carbocycles. The van der Waals surface area contributed by atoms with Crippen LogP contribution >= 0.6 is 0 Å². The van der Waals surface area contributed by atoms with Crippen molar-refractivity contribution in [3.63, 3.8) is 0 Å². The maximum Gasteiger partial charge on any atom is 0.0518 e. The molecule has 0 bridgehead atoms. The van der Waals surface area contributed by atoms with Crippen molar-refractivity contribution >= 4 is 0 Å². The van der Waals surface area contributed by atoms with Gasteiger partial charge in [0.25, 0.3) is 0 Å². The van der Waals surface area contributed by atoms with E-state index in [-0.39, 0.29) is 0 Å². The minimum Gasteiger partial charge on any atom is -0.379 e. The summed E-state index contributed by atoms with van der Waals surface area (Å²) in [5, 5.41) is 3.54. The normalized spacial score (nSPS) is 28.6. The Morgan fingerprint density at radius 3 is 2.40 bits per heavy atom. The Kier molecular flexibility index (Phi) is 5.58. The standard InChI is InChI=1S/C12H26N2O/c1-10(2)15-7-5-6-14-8-11(3)13-12(4)9-14/h10-13H,5-9H2,1-4H3/t11-,12+. The lowest BCUT2D eigenvalue weighted by Crippen LogP contribution is -2.54. The molecular formula is C12H26N2O. The molecule has 1 N–H and O–H groups in total. The summed E-state index contributed by atoms with van der Waals surface area (Å²) in [7, 11) is 0. The maximum absolute atomic E-state index is 5.54. The van der Waals surface area contributed by atoms with Gasteiger partial charge in [0.1, 0.15) is 0 Å². The van der Waals surface area contributed by atoms with E-state index in [1.807, 2.05) is 0 Å². The van der Waals surface area contributed by atoms with Gasteiger partial charge in [-0.1, -0.05) is 0 Å². The molecule has 2 atom stereocenters. The lowest BCUT2D eigenvalue weighted by molar-refractivity contribution is 0.0662. The Balaban J connectivity index is 2.10. The first-order valence-electron chi connectivity index (χ1n) is 6.18. The summed E-state index contributed by atoms with van der Waals surface area (Å²) in [5.74, 6) is 0. The van der Waals surface area contributed by atoms with E-state index in [2.05, 4.69) is 37.9 Å². The molecule has 0 amide bonds. The van der Waals surface area contributed by atoms with Crippen LogP contribution in [0.15, 0.2) is 0 Å². The van der Waals surface area contributed by atoms with Crippen LogP contribution in [-0.2, 0) is 4.74 Å². The van der Waals surface area contributed by atoms with E-state index in [9.17, 15) is 0 Å². The first-order chi connectivity index (χ1) is 7.08. The van der Waals surface area contributed by atoms with Crippen LogP contribution in [0.5, 0.6) is 0 Å². The van der Waals surface area contributed by atoms with Gasteiger partial charge in [-0.05, 0) is 34.1 Å². The van der Waals surface area contributed by atoms with Gasteiger partial charge in [0.2, 0.25) is 0 Å². The van der Waals surface area contributed by atoms with Crippen LogP contribution in [0.4, 0.5) is 0 Å². The molecule has 0 spiro atoms. The van der Waals surface area contributed by atoms with Crippen molar-refractivity contribution in [2.45, 2.75) is 52.3 Å². The van der Waals surface area contributed by atoms with Crippen molar-refractivity contribution < 1.29 is 4.74 Å². The summed E-state index contributed by atoms with van der Waals surface area (Å²) in [6.07, 6.45) is 1.52. The molecule has 90 valence electrons. The number of hydrogen-bond donors (Lipinski definition) is 1. The molecule has 1 aliphatic heterocycles. The molecule has 0 aliphatic carbocycles. The first kappa shape index (κ1) is 12.9. The van der Waals surface area contributed by atoms with Crippen molar-refractivity contribution in [1.29, 1.82) is 0 Å². The van der Waals surface area contributed by atoms with Crippen molar-refractivity contribution in [3.05, 3.63) is 0 Å². The first-order valence-corrected chi connectivity index (χ1v) is 6.18. The summed E-state index contributed by atoms with van der Waals surface area (Å²) >= 11 is 0. The van der Waals surface area contributed by atoms with Crippen LogP contribution in [-0.4, -0.2) is 49.3 Å². The smallest absolute Gasteiger partial charge is 0.0518 e. The molecule has 1 aliphatic rings. The van der Waals surface area contributed by atoms with Crippen molar-refractivity contribution in [2.24, 2.45) is 0 Å². The monoisotopic (exact) mass is 214 g/mol. The molecule has 0 radical (unpaired) electrons. The van der Waals surface area contributed by atoms with Gasteiger partial charge in [0, 0.05) is 38.3 Å². The highest BCUT2D eigenvalue weighted by Gasteiger charge is 2.19. The number of nitrogens with zero attached hydrogens (tertiary/aromatic N) is 1. The van der Waals surface area contributed by atoms with E-state index in [0.29, 0.717) is 18.2 Å². The van der Waals surface area contributed by atoms with Gasteiger partial charge in [0.15, 0.2) is 0 Å². The van der Waals surface area contributed by atoms with E-state index in [1.165, 1.54) is 19.6 Å². The van der Waals surface area contributed by atoms with Gasteiger partial charge >= 0.3 is 0 Å². The summed E-state index contributed by atoms with van der Waals surface area (Å²) in [5.41, 5.74) is 0. The van der Waals surface area contributed by atoms with E-state index >= 15 is 0 Å². The zero-order valence-corrected chi connectivity index (χ0v) is 10.6. The average molecular weight is 214 g/mol. The van der Waals surface area contributed by atoms with Gasteiger partial charge in [-0.2, -0.15) is 0 Å². The molecule has 15 heavy (non-hydrogen) atoms. The summed E-state index contributed by atoms with van der Waals surface area (Å²) in [4.78, 5) is 2.54. The van der Waals surface area contributed by atoms with Crippen LogP contribution < -0.4 is 5.32 Å². The third-order valence-corrected chi connectivity index (χ3v) is 2.70. The largest absolute Gasteiger partial charge is 0.379 e. The summed E-state index contributed by atoms with van der Waals surface area (Å²) in [6, 6.07) is 1.25. The third kappa shape index (κ3) is 5.50. The summed E-state index contributed by atoms with van der Waals surface area (Å²) in [6.45, 7) is 13.1. The van der Waals surface area contributed by atoms with E-state index < -0.39 is 0 Å². The van der Waals surface area contributed by atoms with Crippen molar-refractivity contribution in [3.8, 4) is 0 Å². The quantitative estimate of drug-likeness (QED) is 0.702. The molecule has 1 heterocycles. The van der Waals surface area contributed by atoms with Gasteiger partial charge < -0.3 is 15.0 Å². The van der Waals surface area contributed by atoms with E-state index in [1.54, 1.807) is 0 Å². The van der Waals surface area contributed by atoms with E-state index in [0.717, 1.165) is 13.0 Å². The molecular weight excluding hydrogens is 188 g/mol. The maximum atomic E-state index is 5.54. The SMILES string of the molecule is CC(C)OCCCN1C[C@@H](C)N[C@@H](C)C1. The highest BCUT2D eigenvalue weighted by Crippen LogP contribution is 2.04. The summed E-state index contributed by atoms with van der Waals surface area (Å²) < 4.78 is 5.54. The molecule has 0 aromatic rings. The van der Waals surface area contributed by atoms with Crippen LogP contribution in [0, 0.1) is 0 Å². The van der Waals surface area contributed by atoms with Crippen LogP contribution in [0.1, 0.15) is 34.1 Å². The topological polar surface area (TPSA) is 24.5 Å². The third-order valence-electron chi connectivity index (χ3n) is 2.70. The molecule has 1 rings (SSSR count). The zero-order chi connectivity index (χ0) is 11.3. The number of piperazine rings is 1. The van der Waals surface area contributed by atoms with Crippen LogP contribution in [0.25, 0.3) is 0 Å². The Morgan fingerprint density at radius 2 is 1.87 bits per heavy atom. The fraction of sp³-hybridized carbons (Fsp3) is 1.00. The minimum absolute atomic E-state index is 0.367. The minimum atomic E-state index is 0.367. The van der Waals surface area contributed by atoms with Gasteiger partial charge in [-0.25, -0.2) is 0 Å². The fourth-order valence-corrected chi connectivity index (χ4v) is 2.23. The molecule has 0 saturated carbocycles. The highest BCUT2D eigenvalue weighted by molar-refractivity contribution is 4.80. The van der Waals surface area contributed by atoms with Gasteiger partial charge in [-0.15, -0.1) is 0 Å². The Labute approximate surface area is 94.2 Å². The molecule has 0 unspecified atom stereocenters. The number of ether oxygens (including phenoxy) is 1. The molecule has 1 saturated heterocycles. The van der Waals surface area contributed by atoms with E-state index in [4.69, 9.17) is 4.74 Å². The van der Waals surface area contributed by atoms with Crippen LogP contribution in [0.2, 0.25) is 0 Å². The van der Waals surface area contributed by atoms with Crippen LogP contribution in [0.3, 0.4) is 0 Å². The predicted molar refractivity (Wildman–Crippen MR) is 64.2 cm³/mol. The number of hydrogen-bond acceptors (Lipinski definition) is 3. The predicted octanol–water partition coefficient (Wildman–Crippen LogP) is 1.48. The Morgan fingerprint density at radius 1 is 1.27 bits per heavy atom. The average Bonchev–Trinajstić information content (AvgIpc) is 2.10. The van der Waals surface area contributed by atoms with Crippen molar-refractivity contribution in [2.75, 3.05) is 26.2 Å². The second-order valence-corrected chi connectivity index (χ2v) is 5.00. The van der Waals surface area contributed by atoms with Crippen molar-refractivity contribution in [1.82, 2.24) is 10.2 Å². The van der Waals surface area contributed by atoms with Gasteiger partial charge in [-0.3, -0.25) is 0 Å². The number of nitrogens with one attached hydrogen (secondary N) is 1. The second-order valence-electron chi connectivity index (χ2n) is 5.00.